The highest BCUT2D eigenvalue weighted by molar-refractivity contribution is 5.42. The third-order valence-corrected chi connectivity index (χ3v) is 4.92. The quantitative estimate of drug-likeness (QED) is 0.616. The van der Waals surface area contributed by atoms with Crippen molar-refractivity contribution in [3.8, 4) is 0 Å². The molecule has 5 rings (SSSR count). The van der Waals surface area contributed by atoms with Crippen LogP contribution in [-0.4, -0.2) is 12.7 Å². The molecule has 3 aliphatic rings. The first kappa shape index (κ1) is 13.0. The Kier molecular flexibility index (Phi) is 3.27. The Labute approximate surface area is 126 Å². The van der Waals surface area contributed by atoms with Crippen molar-refractivity contribution in [3.63, 3.8) is 0 Å². The lowest BCUT2D eigenvalue weighted by Gasteiger charge is -2.40. The Hall–Kier alpha value is -1.67. The summed E-state index contributed by atoms with van der Waals surface area (Å²) in [5.41, 5.74) is 4.37. The molecule has 0 radical (unpaired) electrons. The molecule has 3 atom stereocenters. The number of hydrogen-bond donors (Lipinski definition) is 0. The summed E-state index contributed by atoms with van der Waals surface area (Å²) in [4.78, 5) is 0. The number of benzene rings is 1. The van der Waals surface area contributed by atoms with Crippen molar-refractivity contribution < 1.29 is 9.30 Å². The zero-order valence-corrected chi connectivity index (χ0v) is 12.5. The highest BCUT2D eigenvalue weighted by Crippen LogP contribution is 2.45. The van der Waals surface area contributed by atoms with Gasteiger partial charge in [-0.15, -0.1) is 0 Å². The number of fused-ring (bicyclic) bond motifs is 1. The molecule has 108 valence electrons. The van der Waals surface area contributed by atoms with Crippen molar-refractivity contribution in [1.82, 2.24) is 0 Å². The Balaban J connectivity index is 1.76. The van der Waals surface area contributed by atoms with E-state index in [0.717, 1.165) is 19.4 Å². The van der Waals surface area contributed by atoms with E-state index in [9.17, 15) is 0 Å². The van der Waals surface area contributed by atoms with Crippen molar-refractivity contribution in [2.24, 2.45) is 0 Å². The fourth-order valence-corrected chi connectivity index (χ4v) is 3.95. The second-order valence-corrected chi connectivity index (χ2v) is 6.15. The van der Waals surface area contributed by atoms with Crippen LogP contribution in [0.1, 0.15) is 55.0 Å². The molecule has 0 saturated heterocycles. The van der Waals surface area contributed by atoms with Crippen molar-refractivity contribution in [3.05, 3.63) is 65.5 Å². The first-order valence-electron chi connectivity index (χ1n) is 8.10. The molecule has 2 aromatic rings. The Bertz CT molecular complexity index is 604. The number of pyridine rings is 1. The van der Waals surface area contributed by atoms with Crippen LogP contribution in [0.4, 0.5) is 0 Å². The second kappa shape index (κ2) is 5.27. The molecule has 0 saturated carbocycles. The normalized spacial score (nSPS) is 25.5. The van der Waals surface area contributed by atoms with Crippen LogP contribution in [0.2, 0.25) is 0 Å². The molecule has 1 aromatic carbocycles. The van der Waals surface area contributed by atoms with E-state index in [1.54, 1.807) is 0 Å². The SMILES string of the molecule is CCCCOC1CC2c3ccccc3C1c1cccc[n+]12. The first-order chi connectivity index (χ1) is 10.4. The summed E-state index contributed by atoms with van der Waals surface area (Å²) >= 11 is 0. The zero-order chi connectivity index (χ0) is 14.2. The summed E-state index contributed by atoms with van der Waals surface area (Å²) in [5, 5.41) is 0. The van der Waals surface area contributed by atoms with Gasteiger partial charge < -0.3 is 4.74 Å². The molecular weight excluding hydrogens is 258 g/mol. The van der Waals surface area contributed by atoms with Gasteiger partial charge >= 0.3 is 0 Å². The van der Waals surface area contributed by atoms with Crippen LogP contribution in [0, 0.1) is 0 Å². The zero-order valence-electron chi connectivity index (χ0n) is 12.5. The molecule has 2 heteroatoms. The van der Waals surface area contributed by atoms with Gasteiger partial charge in [-0.05, 0) is 12.0 Å². The minimum Gasteiger partial charge on any atom is -0.377 e. The van der Waals surface area contributed by atoms with Gasteiger partial charge in [0.2, 0.25) is 0 Å². The van der Waals surface area contributed by atoms with Gasteiger partial charge in [-0.25, -0.2) is 0 Å². The third-order valence-electron chi connectivity index (χ3n) is 4.92. The number of ether oxygens (including phenoxy) is 1. The highest BCUT2D eigenvalue weighted by Gasteiger charge is 2.49. The molecule has 1 aliphatic carbocycles. The predicted molar refractivity (Wildman–Crippen MR) is 82.3 cm³/mol. The van der Waals surface area contributed by atoms with E-state index in [-0.39, 0.29) is 0 Å². The lowest BCUT2D eigenvalue weighted by molar-refractivity contribution is -0.732. The van der Waals surface area contributed by atoms with E-state index in [1.807, 2.05) is 0 Å². The maximum absolute atomic E-state index is 6.26. The molecule has 0 amide bonds. The minimum absolute atomic E-state index is 0.332. The topological polar surface area (TPSA) is 13.1 Å². The average Bonchev–Trinajstić information content (AvgIpc) is 2.55. The lowest BCUT2D eigenvalue weighted by Crippen LogP contribution is -2.56. The van der Waals surface area contributed by atoms with Crippen LogP contribution in [0.25, 0.3) is 0 Å². The summed E-state index contributed by atoms with van der Waals surface area (Å²) in [6, 6.07) is 15.9. The summed E-state index contributed by atoms with van der Waals surface area (Å²) in [6.45, 7) is 3.11. The van der Waals surface area contributed by atoms with Crippen LogP contribution in [0.3, 0.4) is 0 Å². The van der Waals surface area contributed by atoms with Crippen LogP contribution in [0.5, 0.6) is 0 Å². The van der Waals surface area contributed by atoms with Crippen molar-refractivity contribution in [1.29, 1.82) is 0 Å². The molecule has 21 heavy (non-hydrogen) atoms. The smallest absolute Gasteiger partial charge is 0.192 e. The fourth-order valence-electron chi connectivity index (χ4n) is 3.95. The molecule has 0 N–H and O–H groups in total. The van der Waals surface area contributed by atoms with Gasteiger partial charge in [-0.3, -0.25) is 0 Å². The van der Waals surface area contributed by atoms with Gasteiger partial charge in [0.25, 0.3) is 0 Å². The van der Waals surface area contributed by atoms with Crippen LogP contribution < -0.4 is 4.57 Å². The van der Waals surface area contributed by atoms with Crippen molar-refractivity contribution in [2.75, 3.05) is 6.61 Å². The van der Waals surface area contributed by atoms with E-state index in [4.69, 9.17) is 4.74 Å². The van der Waals surface area contributed by atoms with E-state index in [2.05, 4.69) is 60.2 Å². The highest BCUT2D eigenvalue weighted by atomic mass is 16.5. The lowest BCUT2D eigenvalue weighted by atomic mass is 9.72. The molecule has 0 spiro atoms. The van der Waals surface area contributed by atoms with Gasteiger partial charge in [0.15, 0.2) is 17.9 Å². The summed E-state index contributed by atoms with van der Waals surface area (Å²) in [7, 11) is 0. The van der Waals surface area contributed by atoms with E-state index < -0.39 is 0 Å². The molecule has 3 heterocycles. The largest absolute Gasteiger partial charge is 0.377 e. The minimum atomic E-state index is 0.332. The first-order valence-corrected chi connectivity index (χ1v) is 8.10. The van der Waals surface area contributed by atoms with Crippen LogP contribution >= 0.6 is 0 Å². The molecule has 2 nitrogen and oxygen atoms in total. The summed E-state index contributed by atoms with van der Waals surface area (Å²) in [6.07, 6.45) is 6.02. The second-order valence-electron chi connectivity index (χ2n) is 6.15. The average molecular weight is 280 g/mol. The molecule has 3 unspecified atom stereocenters. The Morgan fingerprint density at radius 2 is 1.90 bits per heavy atom. The molecule has 0 fully saturated rings. The summed E-state index contributed by atoms with van der Waals surface area (Å²) in [5.74, 6) is 0.393. The maximum atomic E-state index is 6.26. The summed E-state index contributed by atoms with van der Waals surface area (Å²) < 4.78 is 8.71. The molecule has 2 bridgehead atoms. The molecular formula is C19H22NO+. The maximum Gasteiger partial charge on any atom is 0.192 e. The van der Waals surface area contributed by atoms with Crippen LogP contribution in [-0.2, 0) is 4.74 Å². The van der Waals surface area contributed by atoms with Gasteiger partial charge in [-0.2, -0.15) is 4.57 Å². The number of nitrogens with zero attached hydrogens (tertiary/aromatic N) is 1. The monoisotopic (exact) mass is 280 g/mol. The standard InChI is InChI=1S/C19H22NO/c1-2-3-12-21-18-13-17-14-8-4-5-9-15(14)19(18)16-10-6-7-11-20(16)17/h4-11,17-19H,2-3,12-13H2,1H3/q+1. The van der Waals surface area contributed by atoms with Gasteiger partial charge in [0, 0.05) is 30.7 Å². The van der Waals surface area contributed by atoms with E-state index in [0.29, 0.717) is 18.1 Å². The molecule has 2 aliphatic heterocycles. The fraction of sp³-hybridized carbons (Fsp3) is 0.421. The number of hydrogen-bond acceptors (Lipinski definition) is 1. The Morgan fingerprint density at radius 3 is 2.76 bits per heavy atom. The van der Waals surface area contributed by atoms with Crippen molar-refractivity contribution in [2.45, 2.75) is 44.2 Å². The molecule has 1 aromatic heterocycles. The number of rotatable bonds is 4. The van der Waals surface area contributed by atoms with E-state index in [1.165, 1.54) is 23.2 Å². The predicted octanol–water partition coefficient (Wildman–Crippen LogP) is 3.60. The van der Waals surface area contributed by atoms with Crippen molar-refractivity contribution >= 4 is 0 Å². The third kappa shape index (κ3) is 2.01. The number of aromatic nitrogens is 1. The van der Waals surface area contributed by atoms with Gasteiger partial charge in [-0.1, -0.05) is 43.7 Å². The van der Waals surface area contributed by atoms with Gasteiger partial charge in [0.1, 0.15) is 0 Å². The Morgan fingerprint density at radius 1 is 1.10 bits per heavy atom. The van der Waals surface area contributed by atoms with Crippen LogP contribution in [0.15, 0.2) is 48.7 Å². The van der Waals surface area contributed by atoms with E-state index >= 15 is 0 Å². The number of unbranched alkanes of at least 4 members (excludes halogenated alkanes) is 1. The van der Waals surface area contributed by atoms with Gasteiger partial charge in [0.05, 0.1) is 12.0 Å².